The Morgan fingerprint density at radius 2 is 2.12 bits per heavy atom. The topological polar surface area (TPSA) is 97.4 Å². The van der Waals surface area contributed by atoms with E-state index in [1.54, 1.807) is 19.4 Å². The van der Waals surface area contributed by atoms with Crippen LogP contribution < -0.4 is 16.0 Å². The summed E-state index contributed by atoms with van der Waals surface area (Å²) >= 11 is 6.43. The van der Waals surface area contributed by atoms with Crippen LogP contribution in [0.25, 0.3) is 11.3 Å². The van der Waals surface area contributed by atoms with E-state index >= 15 is 0 Å². The van der Waals surface area contributed by atoms with Gasteiger partial charge in [0.15, 0.2) is 0 Å². The van der Waals surface area contributed by atoms with Crippen molar-refractivity contribution in [2.24, 2.45) is 11.8 Å². The maximum absolute atomic E-state index is 12.7. The van der Waals surface area contributed by atoms with Gasteiger partial charge in [-0.25, -0.2) is 9.97 Å². The molecule has 1 amide bonds. The standard InChI is InChI=1S/C23H30ClN5O3/c1-31-17-9-16(12-25-13-17)23(30)29-22-10-18(19(24)14-27-22)20-3-2-4-21(28-20)26-11-15-5-7-32-8-6-15/h2-4,10,14-17,25H,5-9,11-13H2,1H3,(H,26,28)(H,27,29,30)/t16-,17+/m0/s1. The molecule has 4 heterocycles. The number of piperidine rings is 1. The lowest BCUT2D eigenvalue weighted by molar-refractivity contribution is -0.121. The molecule has 2 aromatic heterocycles. The zero-order valence-electron chi connectivity index (χ0n) is 18.3. The van der Waals surface area contributed by atoms with E-state index in [0.29, 0.717) is 29.7 Å². The van der Waals surface area contributed by atoms with Crippen LogP contribution >= 0.6 is 11.6 Å². The highest BCUT2D eigenvalue weighted by molar-refractivity contribution is 6.33. The summed E-state index contributed by atoms with van der Waals surface area (Å²) in [7, 11) is 1.67. The fourth-order valence-corrected chi connectivity index (χ4v) is 4.30. The molecule has 2 aromatic rings. The van der Waals surface area contributed by atoms with Crippen LogP contribution in [0.15, 0.2) is 30.5 Å². The number of nitrogens with one attached hydrogen (secondary N) is 3. The zero-order chi connectivity index (χ0) is 22.3. The van der Waals surface area contributed by atoms with Gasteiger partial charge in [0.05, 0.1) is 22.7 Å². The molecule has 2 aliphatic heterocycles. The lowest BCUT2D eigenvalue weighted by Gasteiger charge is -2.28. The number of amides is 1. The van der Waals surface area contributed by atoms with Crippen molar-refractivity contribution in [3.8, 4) is 11.3 Å². The van der Waals surface area contributed by atoms with Crippen LogP contribution in [0, 0.1) is 11.8 Å². The first-order chi connectivity index (χ1) is 15.6. The van der Waals surface area contributed by atoms with Gasteiger partial charge < -0.3 is 25.4 Å². The Balaban J connectivity index is 1.43. The number of hydrogen-bond acceptors (Lipinski definition) is 7. The number of methoxy groups -OCH3 is 1. The minimum absolute atomic E-state index is 0.0359. The van der Waals surface area contributed by atoms with Crippen molar-refractivity contribution in [3.05, 3.63) is 35.5 Å². The molecule has 0 saturated carbocycles. The van der Waals surface area contributed by atoms with Crippen molar-refractivity contribution in [2.75, 3.05) is 50.6 Å². The summed E-state index contributed by atoms with van der Waals surface area (Å²) in [6.07, 6.45) is 4.39. The molecular weight excluding hydrogens is 430 g/mol. The molecule has 2 saturated heterocycles. The first kappa shape index (κ1) is 22.9. The second-order valence-electron chi connectivity index (χ2n) is 8.33. The number of rotatable bonds is 7. The zero-order valence-corrected chi connectivity index (χ0v) is 19.0. The Labute approximate surface area is 193 Å². The van der Waals surface area contributed by atoms with Crippen LogP contribution in [-0.2, 0) is 14.3 Å². The van der Waals surface area contributed by atoms with Crippen LogP contribution in [0.3, 0.4) is 0 Å². The van der Waals surface area contributed by atoms with Gasteiger partial charge in [-0.3, -0.25) is 4.79 Å². The van der Waals surface area contributed by atoms with Crippen molar-refractivity contribution >= 4 is 29.1 Å². The van der Waals surface area contributed by atoms with E-state index in [-0.39, 0.29) is 17.9 Å². The fourth-order valence-electron chi connectivity index (χ4n) is 4.10. The Hall–Kier alpha value is -2.26. The number of ether oxygens (including phenoxy) is 2. The molecule has 9 heteroatoms. The van der Waals surface area contributed by atoms with Gasteiger partial charge in [-0.1, -0.05) is 17.7 Å². The third-order valence-electron chi connectivity index (χ3n) is 6.06. The van der Waals surface area contributed by atoms with Crippen LogP contribution in [0.4, 0.5) is 11.6 Å². The third kappa shape index (κ3) is 5.95. The molecule has 0 aliphatic carbocycles. The van der Waals surface area contributed by atoms with Crippen molar-refractivity contribution in [1.82, 2.24) is 15.3 Å². The molecule has 2 aliphatic rings. The molecule has 2 fully saturated rings. The van der Waals surface area contributed by atoms with E-state index in [1.165, 1.54) is 0 Å². The SMILES string of the molecule is CO[C@H]1CNC[C@@H](C(=O)Nc2cc(-c3cccc(NCC4CCOCC4)n3)c(Cl)cn2)C1. The third-order valence-corrected chi connectivity index (χ3v) is 6.36. The molecule has 8 nitrogen and oxygen atoms in total. The highest BCUT2D eigenvalue weighted by Crippen LogP contribution is 2.29. The Morgan fingerprint density at radius 1 is 1.28 bits per heavy atom. The van der Waals surface area contributed by atoms with Crippen molar-refractivity contribution in [3.63, 3.8) is 0 Å². The molecule has 0 unspecified atom stereocenters. The number of halogens is 1. The number of hydrogen-bond donors (Lipinski definition) is 3. The lowest BCUT2D eigenvalue weighted by Crippen LogP contribution is -2.44. The quantitative estimate of drug-likeness (QED) is 0.584. The summed E-state index contributed by atoms with van der Waals surface area (Å²) in [5.74, 6) is 1.58. The maximum atomic E-state index is 12.7. The minimum atomic E-state index is -0.175. The summed E-state index contributed by atoms with van der Waals surface area (Å²) in [6, 6.07) is 7.57. The van der Waals surface area contributed by atoms with Crippen LogP contribution in [0.5, 0.6) is 0 Å². The normalized spacial score (nSPS) is 21.8. The van der Waals surface area contributed by atoms with Crippen molar-refractivity contribution < 1.29 is 14.3 Å². The Morgan fingerprint density at radius 3 is 2.94 bits per heavy atom. The summed E-state index contributed by atoms with van der Waals surface area (Å²) in [5.41, 5.74) is 1.45. The smallest absolute Gasteiger partial charge is 0.230 e. The average molecular weight is 460 g/mol. The monoisotopic (exact) mass is 459 g/mol. The number of pyridine rings is 2. The lowest BCUT2D eigenvalue weighted by atomic mass is 9.96. The number of carbonyl (C=O) groups excluding carboxylic acids is 1. The predicted molar refractivity (Wildman–Crippen MR) is 125 cm³/mol. The van der Waals surface area contributed by atoms with Gasteiger partial charge in [0.2, 0.25) is 5.91 Å². The second kappa shape index (κ2) is 11.0. The van der Waals surface area contributed by atoms with Gasteiger partial charge in [0, 0.05) is 51.7 Å². The highest BCUT2D eigenvalue weighted by Gasteiger charge is 2.27. The Bertz CT molecular complexity index is 922. The highest BCUT2D eigenvalue weighted by atomic mass is 35.5. The average Bonchev–Trinajstić information content (AvgIpc) is 2.84. The van der Waals surface area contributed by atoms with E-state index < -0.39 is 0 Å². The van der Waals surface area contributed by atoms with Gasteiger partial charge in [0.25, 0.3) is 0 Å². The van der Waals surface area contributed by atoms with Gasteiger partial charge in [-0.15, -0.1) is 0 Å². The molecule has 0 spiro atoms. The maximum Gasteiger partial charge on any atom is 0.230 e. The molecule has 0 aromatic carbocycles. The molecular formula is C23H30ClN5O3. The molecule has 0 radical (unpaired) electrons. The number of aromatic nitrogens is 2. The van der Waals surface area contributed by atoms with Crippen LogP contribution in [-0.4, -0.2) is 61.9 Å². The number of anilines is 2. The first-order valence-electron chi connectivity index (χ1n) is 11.1. The summed E-state index contributed by atoms with van der Waals surface area (Å²) in [4.78, 5) is 21.8. The fraction of sp³-hybridized carbons (Fsp3) is 0.522. The minimum Gasteiger partial charge on any atom is -0.381 e. The molecule has 0 bridgehead atoms. The van der Waals surface area contributed by atoms with Crippen molar-refractivity contribution in [1.29, 1.82) is 0 Å². The van der Waals surface area contributed by atoms with E-state index in [1.807, 2.05) is 18.2 Å². The van der Waals surface area contributed by atoms with E-state index in [2.05, 4.69) is 20.9 Å². The van der Waals surface area contributed by atoms with Crippen molar-refractivity contribution in [2.45, 2.75) is 25.4 Å². The van der Waals surface area contributed by atoms with Crippen LogP contribution in [0.1, 0.15) is 19.3 Å². The molecule has 3 N–H and O–H groups in total. The molecule has 172 valence electrons. The summed E-state index contributed by atoms with van der Waals surface area (Å²) in [5, 5.41) is 10.1. The van der Waals surface area contributed by atoms with Gasteiger partial charge >= 0.3 is 0 Å². The van der Waals surface area contributed by atoms with E-state index in [0.717, 1.165) is 56.2 Å². The van der Waals surface area contributed by atoms with Gasteiger partial charge in [0.1, 0.15) is 11.6 Å². The molecule has 2 atom stereocenters. The van der Waals surface area contributed by atoms with Gasteiger partial charge in [-0.2, -0.15) is 0 Å². The van der Waals surface area contributed by atoms with Crippen LogP contribution in [0.2, 0.25) is 5.02 Å². The van der Waals surface area contributed by atoms with E-state index in [4.69, 9.17) is 26.1 Å². The summed E-state index contributed by atoms with van der Waals surface area (Å²) < 4.78 is 10.8. The summed E-state index contributed by atoms with van der Waals surface area (Å²) in [6.45, 7) is 3.89. The predicted octanol–water partition coefficient (Wildman–Crippen LogP) is 3.20. The largest absolute Gasteiger partial charge is 0.381 e. The number of carbonyl (C=O) groups is 1. The first-order valence-corrected chi connectivity index (χ1v) is 11.5. The second-order valence-corrected chi connectivity index (χ2v) is 8.74. The van der Waals surface area contributed by atoms with E-state index in [9.17, 15) is 4.79 Å². The molecule has 32 heavy (non-hydrogen) atoms. The number of nitrogens with zero attached hydrogens (tertiary/aromatic N) is 2. The Kier molecular flexibility index (Phi) is 7.91. The van der Waals surface area contributed by atoms with Gasteiger partial charge in [-0.05, 0) is 43.4 Å². The molecule has 4 rings (SSSR count).